The normalized spacial score (nSPS) is 18.8. The standard InChI is InChI=1S/C25H22N2O/c28-25(23-18-22(23)20-12-6-2-7-13-20)27-26-24(21-14-8-3-9-15-21)17-16-19-10-4-1-5-11-19/h1-17,22-23H,18H2,(H,27,28)/b17-16+,26-24+/t22-,23-/m0/s1. The van der Waals surface area contributed by atoms with Crippen LogP contribution in [0.5, 0.6) is 0 Å². The van der Waals surface area contributed by atoms with Gasteiger partial charge >= 0.3 is 0 Å². The smallest absolute Gasteiger partial charge is 0.243 e. The first kappa shape index (κ1) is 17.9. The van der Waals surface area contributed by atoms with Gasteiger partial charge in [-0.1, -0.05) is 97.1 Å². The summed E-state index contributed by atoms with van der Waals surface area (Å²) in [6, 6.07) is 30.1. The molecule has 28 heavy (non-hydrogen) atoms. The first-order valence-electron chi connectivity index (χ1n) is 9.52. The maximum atomic E-state index is 12.6. The molecule has 3 aromatic rings. The minimum atomic E-state index is -0.0182. The second-order valence-electron chi connectivity index (χ2n) is 6.94. The maximum absolute atomic E-state index is 12.6. The van der Waals surface area contributed by atoms with Crippen LogP contribution in [-0.4, -0.2) is 11.6 Å². The predicted octanol–water partition coefficient (Wildman–Crippen LogP) is 5.02. The number of allylic oxidation sites excluding steroid dienone is 1. The summed E-state index contributed by atoms with van der Waals surface area (Å²) in [6.07, 6.45) is 4.82. The number of amides is 1. The van der Waals surface area contributed by atoms with Crippen LogP contribution < -0.4 is 5.43 Å². The van der Waals surface area contributed by atoms with Crippen molar-refractivity contribution in [2.24, 2.45) is 11.0 Å². The molecule has 1 aliphatic rings. The molecule has 3 aromatic carbocycles. The van der Waals surface area contributed by atoms with Crippen molar-refractivity contribution < 1.29 is 4.79 Å². The summed E-state index contributed by atoms with van der Waals surface area (Å²) in [4.78, 5) is 12.6. The molecular formula is C25H22N2O. The van der Waals surface area contributed by atoms with Gasteiger partial charge in [0.25, 0.3) is 0 Å². The second kappa shape index (κ2) is 8.49. The number of hydrogen-bond acceptors (Lipinski definition) is 2. The molecule has 0 radical (unpaired) electrons. The van der Waals surface area contributed by atoms with Crippen LogP contribution >= 0.6 is 0 Å². The van der Waals surface area contributed by atoms with E-state index >= 15 is 0 Å². The van der Waals surface area contributed by atoms with Crippen LogP contribution in [0.4, 0.5) is 0 Å². The van der Waals surface area contributed by atoms with Crippen molar-refractivity contribution in [1.29, 1.82) is 0 Å². The third-order valence-electron chi connectivity index (χ3n) is 4.94. The van der Waals surface area contributed by atoms with E-state index < -0.39 is 0 Å². The van der Waals surface area contributed by atoms with E-state index in [2.05, 4.69) is 22.7 Å². The summed E-state index contributed by atoms with van der Waals surface area (Å²) in [5.41, 5.74) is 6.78. The van der Waals surface area contributed by atoms with Gasteiger partial charge in [0.15, 0.2) is 0 Å². The fraction of sp³-hybridized carbons (Fsp3) is 0.120. The van der Waals surface area contributed by atoms with Gasteiger partial charge in [-0.15, -0.1) is 0 Å². The molecule has 0 spiro atoms. The minimum Gasteiger partial charge on any atom is -0.273 e. The van der Waals surface area contributed by atoms with E-state index in [1.165, 1.54) is 5.56 Å². The predicted molar refractivity (Wildman–Crippen MR) is 114 cm³/mol. The van der Waals surface area contributed by atoms with E-state index in [-0.39, 0.29) is 11.8 Å². The zero-order valence-corrected chi connectivity index (χ0v) is 15.5. The molecule has 2 atom stereocenters. The van der Waals surface area contributed by atoms with Gasteiger partial charge in [-0.2, -0.15) is 5.10 Å². The topological polar surface area (TPSA) is 41.5 Å². The Morgan fingerprint density at radius 2 is 1.46 bits per heavy atom. The van der Waals surface area contributed by atoms with Crippen LogP contribution in [0.2, 0.25) is 0 Å². The SMILES string of the molecule is O=C(N/N=C(\C=C\c1ccccc1)c1ccccc1)[C@H]1C[C@H]1c1ccccc1. The minimum absolute atomic E-state index is 0.00118. The number of nitrogens with zero attached hydrogens (tertiary/aromatic N) is 1. The molecule has 0 heterocycles. The summed E-state index contributed by atoms with van der Waals surface area (Å²) in [7, 11) is 0. The van der Waals surface area contributed by atoms with Crippen LogP contribution in [-0.2, 0) is 4.79 Å². The largest absolute Gasteiger partial charge is 0.273 e. The van der Waals surface area contributed by atoms with Crippen molar-refractivity contribution in [2.75, 3.05) is 0 Å². The van der Waals surface area contributed by atoms with Gasteiger partial charge in [0.2, 0.25) is 5.91 Å². The van der Waals surface area contributed by atoms with Crippen LogP contribution in [0, 0.1) is 5.92 Å². The average molecular weight is 366 g/mol. The molecule has 1 N–H and O–H groups in total. The van der Waals surface area contributed by atoms with Gasteiger partial charge in [-0.3, -0.25) is 4.79 Å². The molecule has 138 valence electrons. The van der Waals surface area contributed by atoms with Crippen molar-refractivity contribution in [3.05, 3.63) is 114 Å². The van der Waals surface area contributed by atoms with E-state index in [1.807, 2.05) is 91.0 Å². The Labute approximate surface area is 165 Å². The van der Waals surface area contributed by atoms with Crippen LogP contribution in [0.1, 0.15) is 29.0 Å². The third-order valence-corrected chi connectivity index (χ3v) is 4.94. The van der Waals surface area contributed by atoms with Crippen LogP contribution in [0.3, 0.4) is 0 Å². The first-order valence-corrected chi connectivity index (χ1v) is 9.52. The number of carbonyl (C=O) groups excluding carboxylic acids is 1. The molecule has 0 aromatic heterocycles. The van der Waals surface area contributed by atoms with Gasteiger partial charge in [0.1, 0.15) is 0 Å². The summed E-state index contributed by atoms with van der Waals surface area (Å²) >= 11 is 0. The van der Waals surface area contributed by atoms with E-state index in [0.717, 1.165) is 23.3 Å². The number of nitrogens with one attached hydrogen (secondary N) is 1. The molecule has 1 saturated carbocycles. The lowest BCUT2D eigenvalue weighted by Gasteiger charge is -2.04. The highest BCUT2D eigenvalue weighted by Crippen LogP contribution is 2.47. The van der Waals surface area contributed by atoms with E-state index in [1.54, 1.807) is 0 Å². The third kappa shape index (κ3) is 4.44. The summed E-state index contributed by atoms with van der Waals surface area (Å²) in [5, 5.41) is 4.43. The molecule has 1 amide bonds. The zero-order chi connectivity index (χ0) is 19.2. The summed E-state index contributed by atoms with van der Waals surface area (Å²) in [5.74, 6) is 0.285. The van der Waals surface area contributed by atoms with Crippen LogP contribution in [0.25, 0.3) is 6.08 Å². The summed E-state index contributed by atoms with van der Waals surface area (Å²) < 4.78 is 0. The summed E-state index contributed by atoms with van der Waals surface area (Å²) in [6.45, 7) is 0. The monoisotopic (exact) mass is 366 g/mol. The Kier molecular flexibility index (Phi) is 5.43. The van der Waals surface area contributed by atoms with Crippen molar-refractivity contribution >= 4 is 17.7 Å². The zero-order valence-electron chi connectivity index (χ0n) is 15.5. The van der Waals surface area contributed by atoms with E-state index in [0.29, 0.717) is 5.92 Å². The fourth-order valence-corrected chi connectivity index (χ4v) is 3.30. The molecule has 0 saturated heterocycles. The second-order valence-corrected chi connectivity index (χ2v) is 6.94. The maximum Gasteiger partial charge on any atom is 0.243 e. The Morgan fingerprint density at radius 1 is 0.857 bits per heavy atom. The lowest BCUT2D eigenvalue weighted by Crippen LogP contribution is -2.21. The Bertz CT molecular complexity index is 979. The Morgan fingerprint density at radius 3 is 2.14 bits per heavy atom. The Hall–Kier alpha value is -3.46. The van der Waals surface area contributed by atoms with Crippen molar-refractivity contribution in [2.45, 2.75) is 12.3 Å². The quantitative estimate of drug-likeness (QED) is 0.483. The number of benzene rings is 3. The number of rotatable bonds is 6. The lowest BCUT2D eigenvalue weighted by atomic mass is 10.1. The highest BCUT2D eigenvalue weighted by Gasteiger charge is 2.43. The first-order chi connectivity index (χ1) is 13.8. The molecule has 0 aliphatic heterocycles. The molecule has 3 nitrogen and oxygen atoms in total. The molecule has 3 heteroatoms. The van der Waals surface area contributed by atoms with Gasteiger partial charge in [0, 0.05) is 11.5 Å². The number of carbonyl (C=O) groups is 1. The van der Waals surface area contributed by atoms with Gasteiger partial charge < -0.3 is 0 Å². The molecule has 1 aliphatic carbocycles. The highest BCUT2D eigenvalue weighted by molar-refractivity contribution is 6.11. The number of hydrazone groups is 1. The van der Waals surface area contributed by atoms with Gasteiger partial charge in [-0.05, 0) is 29.5 Å². The number of hydrogen-bond donors (Lipinski definition) is 1. The molecule has 0 unspecified atom stereocenters. The highest BCUT2D eigenvalue weighted by atomic mass is 16.2. The van der Waals surface area contributed by atoms with Crippen molar-refractivity contribution in [1.82, 2.24) is 5.43 Å². The Balaban J connectivity index is 1.48. The fourth-order valence-electron chi connectivity index (χ4n) is 3.30. The van der Waals surface area contributed by atoms with Crippen molar-refractivity contribution in [3.8, 4) is 0 Å². The van der Waals surface area contributed by atoms with E-state index in [9.17, 15) is 4.79 Å². The molecule has 4 rings (SSSR count). The average Bonchev–Trinajstić information content (AvgIpc) is 3.57. The van der Waals surface area contributed by atoms with Gasteiger partial charge in [0.05, 0.1) is 5.71 Å². The molecular weight excluding hydrogens is 344 g/mol. The molecule has 0 bridgehead atoms. The molecule has 1 fully saturated rings. The lowest BCUT2D eigenvalue weighted by molar-refractivity contribution is -0.122. The van der Waals surface area contributed by atoms with Crippen molar-refractivity contribution in [3.63, 3.8) is 0 Å². The van der Waals surface area contributed by atoms with Crippen LogP contribution in [0.15, 0.2) is 102 Å². The van der Waals surface area contributed by atoms with E-state index in [4.69, 9.17) is 0 Å². The van der Waals surface area contributed by atoms with Gasteiger partial charge in [-0.25, -0.2) is 5.43 Å².